The van der Waals surface area contributed by atoms with Crippen LogP contribution in [0.2, 0.25) is 0 Å². The normalized spacial score (nSPS) is 13.2. The highest BCUT2D eigenvalue weighted by Gasteiger charge is 2.26. The lowest BCUT2D eigenvalue weighted by Gasteiger charge is -2.31. The Morgan fingerprint density at radius 1 is 1.10 bits per heavy atom. The fraction of sp³-hybridized carbons (Fsp3) is 0.367. The maximum absolute atomic E-state index is 12.5. The third-order valence-electron chi connectivity index (χ3n) is 7.04. The van der Waals surface area contributed by atoms with Crippen molar-refractivity contribution in [1.29, 1.82) is 0 Å². The van der Waals surface area contributed by atoms with Crippen molar-refractivity contribution >= 4 is 22.7 Å². The van der Waals surface area contributed by atoms with E-state index in [1.165, 1.54) is 10.1 Å². The van der Waals surface area contributed by atoms with Gasteiger partial charge in [-0.1, -0.05) is 6.07 Å². The van der Waals surface area contributed by atoms with Crippen LogP contribution < -0.4 is 20.3 Å². The second-order valence-electron chi connectivity index (χ2n) is 11.0. The zero-order valence-electron chi connectivity index (χ0n) is 23.8. The highest BCUT2D eigenvalue weighted by Crippen LogP contribution is 2.37. The van der Waals surface area contributed by atoms with Gasteiger partial charge in [0.25, 0.3) is 5.56 Å². The monoisotopic (exact) mass is 545 g/mol. The molecule has 0 bridgehead atoms. The molecule has 0 spiro atoms. The number of benzene rings is 2. The fourth-order valence-corrected chi connectivity index (χ4v) is 5.03. The number of fused-ring (bicyclic) bond motifs is 2. The number of carbonyl (C=O) groups is 1. The fourth-order valence-electron chi connectivity index (χ4n) is 5.03. The van der Waals surface area contributed by atoms with Gasteiger partial charge in [-0.2, -0.15) is 5.10 Å². The Morgan fingerprint density at radius 3 is 2.50 bits per heavy atom. The Morgan fingerprint density at radius 2 is 1.82 bits per heavy atom. The first-order chi connectivity index (χ1) is 19.1. The van der Waals surface area contributed by atoms with Crippen LogP contribution in [-0.4, -0.2) is 52.1 Å². The summed E-state index contributed by atoms with van der Waals surface area (Å²) in [7, 11) is 4.98. The van der Waals surface area contributed by atoms with Crippen molar-refractivity contribution in [1.82, 2.24) is 19.7 Å². The van der Waals surface area contributed by atoms with Crippen LogP contribution in [0.1, 0.15) is 37.5 Å². The molecular weight excluding hydrogens is 510 g/mol. The standard InChI is InChI=1S/C30H35N5O5/c1-30(2,3)40-29(37)35-10-9-18-11-21(8-7-19(18)16-35)31-14-23-25(38-5)12-20(13-26(23)39-6)24-17-34(4)28(36)27-22(24)15-32-33-27/h7-8,11-13,15,17,31H,9-10,14,16H2,1-6H3,(H,32,33). The second kappa shape index (κ2) is 10.6. The number of H-pyrrole nitrogens is 1. The molecule has 2 aromatic heterocycles. The second-order valence-corrected chi connectivity index (χ2v) is 11.0. The number of nitrogens with one attached hydrogen (secondary N) is 2. The van der Waals surface area contributed by atoms with Crippen molar-refractivity contribution in [2.24, 2.45) is 7.05 Å². The van der Waals surface area contributed by atoms with E-state index in [-0.39, 0.29) is 11.7 Å². The third kappa shape index (κ3) is 5.34. The van der Waals surface area contributed by atoms with Gasteiger partial charge >= 0.3 is 6.09 Å². The first-order valence-corrected chi connectivity index (χ1v) is 13.2. The van der Waals surface area contributed by atoms with Gasteiger partial charge in [0.15, 0.2) is 0 Å². The predicted octanol–water partition coefficient (Wildman–Crippen LogP) is 4.85. The van der Waals surface area contributed by atoms with Gasteiger partial charge in [0.2, 0.25) is 0 Å². The molecule has 1 aliphatic rings. The van der Waals surface area contributed by atoms with Gasteiger partial charge in [-0.25, -0.2) is 4.79 Å². The number of rotatable bonds is 6. The molecule has 0 radical (unpaired) electrons. The Kier molecular flexibility index (Phi) is 7.18. The SMILES string of the molecule is COc1cc(-c2cn(C)c(=O)c3[nH]ncc23)cc(OC)c1CNc1ccc2c(c1)CCN(C(=O)OC(C)(C)C)C2. The number of hydrogen-bond donors (Lipinski definition) is 2. The van der Waals surface area contributed by atoms with Gasteiger partial charge in [-0.3, -0.25) is 9.89 Å². The summed E-state index contributed by atoms with van der Waals surface area (Å²) in [4.78, 5) is 26.8. The molecule has 0 saturated carbocycles. The highest BCUT2D eigenvalue weighted by atomic mass is 16.6. The summed E-state index contributed by atoms with van der Waals surface area (Å²) in [6.07, 6.45) is 3.93. The smallest absolute Gasteiger partial charge is 0.410 e. The van der Waals surface area contributed by atoms with E-state index in [1.54, 1.807) is 38.6 Å². The van der Waals surface area contributed by atoms with E-state index >= 15 is 0 Å². The van der Waals surface area contributed by atoms with Gasteiger partial charge in [0, 0.05) is 49.5 Å². The molecule has 40 heavy (non-hydrogen) atoms. The van der Waals surface area contributed by atoms with E-state index in [2.05, 4.69) is 27.6 Å². The number of aryl methyl sites for hydroxylation is 1. The van der Waals surface area contributed by atoms with Crippen LogP contribution in [0.3, 0.4) is 0 Å². The molecule has 0 aliphatic carbocycles. The number of methoxy groups -OCH3 is 2. The Balaban J connectivity index is 1.37. The lowest BCUT2D eigenvalue weighted by atomic mass is 9.99. The van der Waals surface area contributed by atoms with E-state index in [1.807, 2.05) is 39.0 Å². The number of aromatic nitrogens is 3. The number of hydrogen-bond acceptors (Lipinski definition) is 7. The molecule has 5 rings (SSSR count). The average Bonchev–Trinajstić information content (AvgIpc) is 3.42. The average molecular weight is 546 g/mol. The zero-order valence-corrected chi connectivity index (χ0v) is 23.8. The van der Waals surface area contributed by atoms with E-state index in [0.717, 1.165) is 39.7 Å². The summed E-state index contributed by atoms with van der Waals surface area (Å²) in [6, 6.07) is 10.1. The number of nitrogens with zero attached hydrogens (tertiary/aromatic N) is 3. The Labute approximate surface area is 232 Å². The Bertz CT molecular complexity index is 1610. The summed E-state index contributed by atoms with van der Waals surface area (Å²) in [5.74, 6) is 1.33. The first-order valence-electron chi connectivity index (χ1n) is 13.2. The van der Waals surface area contributed by atoms with Gasteiger partial charge in [0.1, 0.15) is 22.6 Å². The number of aromatic amines is 1. The van der Waals surface area contributed by atoms with Gasteiger partial charge < -0.3 is 29.0 Å². The van der Waals surface area contributed by atoms with Crippen molar-refractivity contribution in [2.45, 2.75) is 45.9 Å². The molecule has 10 nitrogen and oxygen atoms in total. The Hall–Kier alpha value is -4.47. The summed E-state index contributed by atoms with van der Waals surface area (Å²) < 4.78 is 18.6. The quantitative estimate of drug-likeness (QED) is 0.356. The summed E-state index contributed by atoms with van der Waals surface area (Å²) >= 11 is 0. The van der Waals surface area contributed by atoms with Crippen molar-refractivity contribution < 1.29 is 19.0 Å². The van der Waals surface area contributed by atoms with Gasteiger partial charge in [-0.15, -0.1) is 0 Å². The van der Waals surface area contributed by atoms with Crippen molar-refractivity contribution in [3.8, 4) is 22.6 Å². The van der Waals surface area contributed by atoms with Crippen molar-refractivity contribution in [3.63, 3.8) is 0 Å². The molecule has 0 atom stereocenters. The minimum atomic E-state index is -0.517. The molecule has 3 heterocycles. The molecule has 4 aromatic rings. The van der Waals surface area contributed by atoms with Crippen LogP contribution in [0.5, 0.6) is 11.5 Å². The largest absolute Gasteiger partial charge is 0.496 e. The minimum Gasteiger partial charge on any atom is -0.496 e. The number of anilines is 1. The molecule has 0 fully saturated rings. The molecule has 10 heteroatoms. The molecule has 2 N–H and O–H groups in total. The number of amides is 1. The van der Waals surface area contributed by atoms with E-state index in [9.17, 15) is 9.59 Å². The van der Waals surface area contributed by atoms with Crippen LogP contribution in [0, 0.1) is 0 Å². The number of ether oxygens (including phenoxy) is 3. The molecule has 1 aliphatic heterocycles. The summed E-state index contributed by atoms with van der Waals surface area (Å²) in [6.45, 7) is 7.25. The van der Waals surface area contributed by atoms with Crippen molar-refractivity contribution in [2.75, 3.05) is 26.1 Å². The van der Waals surface area contributed by atoms with Crippen LogP contribution in [0.15, 0.2) is 47.5 Å². The van der Waals surface area contributed by atoms with Gasteiger partial charge in [0.05, 0.1) is 26.0 Å². The maximum atomic E-state index is 12.5. The van der Waals surface area contributed by atoms with Crippen molar-refractivity contribution in [3.05, 3.63) is 69.8 Å². The van der Waals surface area contributed by atoms with Crippen LogP contribution >= 0.6 is 0 Å². The topological polar surface area (TPSA) is 111 Å². The van der Waals surface area contributed by atoms with Gasteiger partial charge in [-0.05, 0) is 68.1 Å². The molecular formula is C30H35N5O5. The lowest BCUT2D eigenvalue weighted by Crippen LogP contribution is -2.39. The van der Waals surface area contributed by atoms with E-state index < -0.39 is 5.60 Å². The van der Waals surface area contributed by atoms with E-state index in [0.29, 0.717) is 36.6 Å². The highest BCUT2D eigenvalue weighted by molar-refractivity contribution is 5.94. The third-order valence-corrected chi connectivity index (χ3v) is 7.04. The number of carbonyl (C=O) groups excluding carboxylic acids is 1. The van der Waals surface area contributed by atoms with Crippen LogP contribution in [0.4, 0.5) is 10.5 Å². The molecule has 2 aromatic carbocycles. The molecule has 0 unspecified atom stereocenters. The lowest BCUT2D eigenvalue weighted by molar-refractivity contribution is 0.0224. The summed E-state index contributed by atoms with van der Waals surface area (Å²) in [5, 5.41) is 11.1. The maximum Gasteiger partial charge on any atom is 0.410 e. The van der Waals surface area contributed by atoms with Crippen LogP contribution in [0.25, 0.3) is 22.0 Å². The predicted molar refractivity (Wildman–Crippen MR) is 154 cm³/mol. The number of pyridine rings is 1. The summed E-state index contributed by atoms with van der Waals surface area (Å²) in [5.41, 5.74) is 5.65. The first kappa shape index (κ1) is 27.1. The zero-order chi connectivity index (χ0) is 28.6. The van der Waals surface area contributed by atoms with Crippen LogP contribution in [-0.2, 0) is 31.3 Å². The molecule has 210 valence electrons. The molecule has 1 amide bonds. The molecule has 0 saturated heterocycles. The minimum absolute atomic E-state index is 0.140. The van der Waals surface area contributed by atoms with E-state index in [4.69, 9.17) is 14.2 Å².